The van der Waals surface area contributed by atoms with E-state index in [0.717, 1.165) is 12.8 Å². The van der Waals surface area contributed by atoms with Crippen LogP contribution < -0.4 is 5.73 Å². The molecule has 1 saturated heterocycles. The van der Waals surface area contributed by atoms with Gasteiger partial charge in [0.05, 0.1) is 4.99 Å². The molecule has 0 aromatic rings. The minimum absolute atomic E-state index is 0.526. The van der Waals surface area contributed by atoms with Gasteiger partial charge < -0.3 is 5.73 Å². The second-order valence-corrected chi connectivity index (χ2v) is 5.96. The lowest BCUT2D eigenvalue weighted by Crippen LogP contribution is -2.44. The molecule has 1 heterocycles. The van der Waals surface area contributed by atoms with E-state index >= 15 is 0 Å². The highest BCUT2D eigenvalue weighted by molar-refractivity contribution is 7.80. The molecule has 15 heavy (non-hydrogen) atoms. The summed E-state index contributed by atoms with van der Waals surface area (Å²) in [6.45, 7) is 9.35. The van der Waals surface area contributed by atoms with Crippen LogP contribution in [0.1, 0.15) is 46.5 Å². The SMILES string of the molecule is CCC(CC(N)=S)N1CCC(C)(C)CC1. The number of nitrogens with two attached hydrogens (primary N) is 1. The third-order valence-corrected chi connectivity index (χ3v) is 3.74. The van der Waals surface area contributed by atoms with Crippen LogP contribution in [0, 0.1) is 5.41 Å². The number of likely N-dealkylation sites (tertiary alicyclic amines) is 1. The van der Waals surface area contributed by atoms with Gasteiger partial charge in [-0.05, 0) is 37.8 Å². The second kappa shape index (κ2) is 5.26. The molecule has 2 nitrogen and oxygen atoms in total. The second-order valence-electron chi connectivity index (χ2n) is 5.43. The van der Waals surface area contributed by atoms with E-state index in [-0.39, 0.29) is 0 Å². The standard InChI is InChI=1S/C12H24N2S/c1-4-10(9-11(13)15)14-7-5-12(2,3)6-8-14/h10H,4-9H2,1-3H3,(H2,13,15). The fourth-order valence-corrected chi connectivity index (χ4v) is 2.45. The average Bonchev–Trinajstić information content (AvgIpc) is 2.14. The van der Waals surface area contributed by atoms with Crippen LogP contribution in [0.25, 0.3) is 0 Å². The zero-order valence-electron chi connectivity index (χ0n) is 10.3. The quantitative estimate of drug-likeness (QED) is 0.750. The Morgan fingerprint density at radius 3 is 2.33 bits per heavy atom. The average molecular weight is 228 g/mol. The van der Waals surface area contributed by atoms with E-state index in [2.05, 4.69) is 25.7 Å². The molecule has 1 aliphatic heterocycles. The number of piperidine rings is 1. The predicted octanol–water partition coefficient (Wildman–Crippen LogP) is 2.56. The van der Waals surface area contributed by atoms with E-state index in [9.17, 15) is 0 Å². The Hall–Kier alpha value is -0.150. The summed E-state index contributed by atoms with van der Waals surface area (Å²) in [4.78, 5) is 3.22. The number of nitrogens with zero attached hydrogens (tertiary/aromatic N) is 1. The first kappa shape index (κ1) is 12.9. The molecule has 1 fully saturated rings. The molecule has 1 unspecified atom stereocenters. The van der Waals surface area contributed by atoms with E-state index in [0.29, 0.717) is 16.4 Å². The molecular formula is C12H24N2S. The van der Waals surface area contributed by atoms with Crippen molar-refractivity contribution < 1.29 is 0 Å². The van der Waals surface area contributed by atoms with Crippen molar-refractivity contribution >= 4 is 17.2 Å². The van der Waals surface area contributed by atoms with Gasteiger partial charge in [0.1, 0.15) is 0 Å². The molecule has 3 heteroatoms. The normalized spacial score (nSPS) is 23.7. The number of hydrogen-bond donors (Lipinski definition) is 1. The van der Waals surface area contributed by atoms with Crippen molar-refractivity contribution in [2.45, 2.75) is 52.5 Å². The van der Waals surface area contributed by atoms with Crippen molar-refractivity contribution in [2.75, 3.05) is 13.1 Å². The lowest BCUT2D eigenvalue weighted by atomic mass is 9.82. The van der Waals surface area contributed by atoms with Crippen LogP contribution in [0.2, 0.25) is 0 Å². The number of thiocarbonyl (C=S) groups is 1. The van der Waals surface area contributed by atoms with Crippen LogP contribution in [-0.2, 0) is 0 Å². The molecule has 0 aliphatic carbocycles. The molecule has 0 bridgehead atoms. The molecule has 1 aliphatic rings. The van der Waals surface area contributed by atoms with E-state index in [4.69, 9.17) is 18.0 Å². The Kier molecular flexibility index (Phi) is 4.53. The first-order valence-electron chi connectivity index (χ1n) is 5.97. The van der Waals surface area contributed by atoms with Crippen LogP contribution in [0.4, 0.5) is 0 Å². The Morgan fingerprint density at radius 2 is 1.93 bits per heavy atom. The zero-order valence-corrected chi connectivity index (χ0v) is 11.1. The summed E-state index contributed by atoms with van der Waals surface area (Å²) >= 11 is 5.00. The number of hydrogen-bond acceptors (Lipinski definition) is 2. The third-order valence-electron chi connectivity index (χ3n) is 3.58. The van der Waals surface area contributed by atoms with Crippen LogP contribution in [-0.4, -0.2) is 29.0 Å². The van der Waals surface area contributed by atoms with Crippen LogP contribution in [0.15, 0.2) is 0 Å². The summed E-state index contributed by atoms with van der Waals surface area (Å²) in [5, 5.41) is 0. The molecule has 88 valence electrons. The van der Waals surface area contributed by atoms with Crippen molar-refractivity contribution in [3.8, 4) is 0 Å². The lowest BCUT2D eigenvalue weighted by molar-refractivity contribution is 0.0944. The molecule has 0 aromatic heterocycles. The maximum Gasteiger partial charge on any atom is 0.0743 e. The zero-order chi connectivity index (χ0) is 11.5. The summed E-state index contributed by atoms with van der Waals surface area (Å²) in [7, 11) is 0. The van der Waals surface area contributed by atoms with Gasteiger partial charge in [0.25, 0.3) is 0 Å². The van der Waals surface area contributed by atoms with Crippen molar-refractivity contribution in [2.24, 2.45) is 11.1 Å². The van der Waals surface area contributed by atoms with Gasteiger partial charge in [-0.15, -0.1) is 0 Å². The van der Waals surface area contributed by atoms with Crippen LogP contribution in [0.5, 0.6) is 0 Å². The fourth-order valence-electron chi connectivity index (χ4n) is 2.26. The Balaban J connectivity index is 2.46. The highest BCUT2D eigenvalue weighted by Crippen LogP contribution is 2.31. The topological polar surface area (TPSA) is 29.3 Å². The first-order chi connectivity index (χ1) is 6.94. The minimum atomic E-state index is 0.526. The van der Waals surface area contributed by atoms with Crippen molar-refractivity contribution in [1.82, 2.24) is 4.90 Å². The van der Waals surface area contributed by atoms with Crippen molar-refractivity contribution in [1.29, 1.82) is 0 Å². The van der Waals surface area contributed by atoms with Crippen molar-refractivity contribution in [3.63, 3.8) is 0 Å². The first-order valence-corrected chi connectivity index (χ1v) is 6.38. The summed E-state index contributed by atoms with van der Waals surface area (Å²) in [5.74, 6) is 0. The van der Waals surface area contributed by atoms with Crippen LogP contribution >= 0.6 is 12.2 Å². The Bertz CT molecular complexity index is 216. The van der Waals surface area contributed by atoms with Crippen LogP contribution in [0.3, 0.4) is 0 Å². The Morgan fingerprint density at radius 1 is 1.40 bits per heavy atom. The van der Waals surface area contributed by atoms with Gasteiger partial charge in [0.2, 0.25) is 0 Å². The van der Waals surface area contributed by atoms with E-state index in [1.54, 1.807) is 0 Å². The highest BCUT2D eigenvalue weighted by Gasteiger charge is 2.28. The minimum Gasteiger partial charge on any atom is -0.393 e. The summed E-state index contributed by atoms with van der Waals surface area (Å²) in [5.41, 5.74) is 6.16. The van der Waals surface area contributed by atoms with Gasteiger partial charge in [0.15, 0.2) is 0 Å². The van der Waals surface area contributed by atoms with Gasteiger partial charge in [-0.3, -0.25) is 4.90 Å². The Labute approximate surface area is 99.2 Å². The molecule has 1 atom stereocenters. The highest BCUT2D eigenvalue weighted by atomic mass is 32.1. The molecule has 0 aromatic carbocycles. The summed E-state index contributed by atoms with van der Waals surface area (Å²) in [6, 6.07) is 0.568. The smallest absolute Gasteiger partial charge is 0.0743 e. The molecule has 1 rings (SSSR count). The van der Waals surface area contributed by atoms with Gasteiger partial charge in [-0.2, -0.15) is 0 Å². The maximum absolute atomic E-state index is 5.63. The molecule has 0 radical (unpaired) electrons. The van der Waals surface area contributed by atoms with Crippen molar-refractivity contribution in [3.05, 3.63) is 0 Å². The monoisotopic (exact) mass is 228 g/mol. The van der Waals surface area contributed by atoms with Gasteiger partial charge in [-0.25, -0.2) is 0 Å². The maximum atomic E-state index is 5.63. The third kappa shape index (κ3) is 4.07. The summed E-state index contributed by atoms with van der Waals surface area (Å²) < 4.78 is 0. The lowest BCUT2D eigenvalue weighted by Gasteiger charge is -2.40. The molecule has 0 saturated carbocycles. The predicted molar refractivity (Wildman–Crippen MR) is 70.1 cm³/mol. The van der Waals surface area contributed by atoms with E-state index in [1.165, 1.54) is 25.9 Å². The molecule has 2 N–H and O–H groups in total. The molecule has 0 spiro atoms. The number of rotatable bonds is 4. The van der Waals surface area contributed by atoms with Gasteiger partial charge in [-0.1, -0.05) is 33.0 Å². The van der Waals surface area contributed by atoms with E-state index in [1.807, 2.05) is 0 Å². The van der Waals surface area contributed by atoms with Gasteiger partial charge in [0, 0.05) is 12.5 Å². The fraction of sp³-hybridized carbons (Fsp3) is 0.917. The van der Waals surface area contributed by atoms with E-state index < -0.39 is 0 Å². The van der Waals surface area contributed by atoms with Gasteiger partial charge >= 0.3 is 0 Å². The molecular weight excluding hydrogens is 204 g/mol. The molecule has 0 amide bonds. The summed E-state index contributed by atoms with van der Waals surface area (Å²) in [6.07, 6.45) is 4.62. The largest absolute Gasteiger partial charge is 0.393 e.